The van der Waals surface area contributed by atoms with E-state index in [0.29, 0.717) is 0 Å². The molecule has 9 heterocycles. The Balaban J connectivity index is 0.868. The highest BCUT2D eigenvalue weighted by atomic mass is 32.3. The quantitative estimate of drug-likeness (QED) is 0.0259. The zero-order valence-electron chi connectivity index (χ0n) is 62.8. The summed E-state index contributed by atoms with van der Waals surface area (Å²) in [5, 5.41) is 200. The fourth-order valence-corrected chi connectivity index (χ4v) is 15.5. The number of nitrogens with two attached hydrogens (primary N) is 5. The Kier molecular flexibility index (Phi) is 35.0. The van der Waals surface area contributed by atoms with Gasteiger partial charge >= 0.3 is 75.9 Å². The van der Waals surface area contributed by atoms with Crippen LogP contribution in [0.5, 0.6) is 0 Å². The highest BCUT2D eigenvalue weighted by Gasteiger charge is 2.63. The average molecular weight is 1940 g/mol. The first-order valence-corrected chi connectivity index (χ1v) is 42.5. The molecule has 0 bridgehead atoms. The van der Waals surface area contributed by atoms with E-state index in [9.17, 15) is 171 Å². The molecule has 45 atom stereocenters. The maximum atomic E-state index is 13.1. The van der Waals surface area contributed by atoms with Gasteiger partial charge in [-0.3, -0.25) is 22.8 Å². The number of ether oxygens (including phenoxy) is 18. The van der Waals surface area contributed by atoms with Crippen LogP contribution in [0.25, 0.3) is 0 Å². The lowest BCUT2D eigenvalue weighted by molar-refractivity contribution is -0.381. The first-order chi connectivity index (χ1) is 57.7. The van der Waals surface area contributed by atoms with Crippen LogP contribution in [0.3, 0.4) is 0 Å². The molecule has 0 aromatic carbocycles. The number of carbonyl (C=O) groups is 4. The number of methoxy groups -OCH3 is 1. The standard InChI is InChI=1S/C55H91N5O60S5/c1-98-47-13(57)19(63)31(8(105-47)3-100-122(86,87)88)109-52-28(72)24(68)36(40(118-52)44(77)78)114-49-15(59)21(65)33(10(107-49)5-102-124(92,93)94)111-54-30(74)26(70)38(42(120-54)46(81)82)116-51-16(60)22(66)34(11(108-51)6-103-125(95,96)97)112-55-29(73)25(69)37(41(119-55)45(79)80)115-50-14(58)20(64)32(9(106-50)4-101-123(89,90)91)110-53-27(71)23(67)35(39(117-53)43(75)76)113-48-12(56)18(62)17(61)7(104-48)2-99-121(83,84)85/h7-42,47-55,61-74H,2-6,56-60H2,1H3,(H,75,76)(H,77,78)(H,79,80)(H,81,82)(H,83,84,85)(H,86,87,88)(H,89,90,91)(H,92,93,94)(H,95,96,97)/t7?,8?,9?,10?,11?,12?,13?,14?,15?,16?,17-,18-,19-,20-,21-,22-,23-,24-,25-,26-,27?,28?,29?,30?,31-,32-,33-,34-,35+,36+,37+,38+,39?,40?,41?,42?,47+,48-,49-,50-,51-,52-,53-,54-,55-/m1/s1. The average Bonchev–Trinajstić information content (AvgIpc) is 0.778. The van der Waals surface area contributed by atoms with E-state index >= 15 is 0 Å². The molecule has 9 rings (SSSR count). The molecule has 9 aliphatic rings. The molecule has 0 radical (unpaired) electrons. The summed E-state index contributed by atoms with van der Waals surface area (Å²) in [7, 11) is -26.3. The van der Waals surface area contributed by atoms with Crippen LogP contribution in [-0.4, -0.2) is 497 Å². The highest BCUT2D eigenvalue weighted by molar-refractivity contribution is 7.81. The van der Waals surface area contributed by atoms with E-state index in [2.05, 4.69) is 20.9 Å². The van der Waals surface area contributed by atoms with Crippen LogP contribution >= 0.6 is 0 Å². The Morgan fingerprint density at radius 1 is 0.240 bits per heavy atom. The lowest BCUT2D eigenvalue weighted by atomic mass is 9.94. The second-order valence-corrected chi connectivity index (χ2v) is 34.1. The van der Waals surface area contributed by atoms with Gasteiger partial charge in [0.25, 0.3) is 0 Å². The highest BCUT2D eigenvalue weighted by Crippen LogP contribution is 2.40. The van der Waals surface area contributed by atoms with Gasteiger partial charge in [-0.25, -0.2) is 40.1 Å². The molecule has 0 spiro atoms. The van der Waals surface area contributed by atoms with E-state index in [4.69, 9.17) is 118 Å². The summed E-state index contributed by atoms with van der Waals surface area (Å²) < 4.78 is 284. The minimum Gasteiger partial charge on any atom is -0.479 e. The van der Waals surface area contributed by atoms with Gasteiger partial charge in [0.05, 0.1) is 63.2 Å². The molecule has 9 saturated heterocycles. The maximum absolute atomic E-state index is 13.1. The SMILES string of the molecule is CO[C@H]1OC(COS(=O)(=O)O)[C@@H](O[C@@H]2OC(C(=O)O)[C@@H](O[C@H]3OC(COS(=O)(=O)O)[C@@H](O[C@@H]4OC(C(=O)O)[C@@H](O[C@H]5OC(COS(=O)(=O)O)[C@@H](O[C@@H]6OC(C(=O)O)[C@@H](O[C@H]7OC(COS(=O)(=O)O)[C@@H](O[C@@H]8OC(C(=O)O)[C@@H](O[C@H]9OC(COS(=O)(=O)O)[C@@H](O)[C@H](O)C9N)[C@H](O)C8O)[C@H](O)C7N)[C@H](O)C6O)[C@H](O)C5N)[C@H](O)C4O)[C@H](O)C3N)[C@H](O)C2O)[C@H](O)C1N. The molecule has 70 heteroatoms. The summed E-state index contributed by atoms with van der Waals surface area (Å²) in [6, 6.07) is -10.2. The second kappa shape index (κ2) is 41.9. The van der Waals surface area contributed by atoms with Crippen molar-refractivity contribution in [2.75, 3.05) is 40.1 Å². The van der Waals surface area contributed by atoms with Gasteiger partial charge in [-0.05, 0) is 0 Å². The molecule has 9 aliphatic heterocycles. The predicted molar refractivity (Wildman–Crippen MR) is 366 cm³/mol. The number of rotatable bonds is 36. The first-order valence-electron chi connectivity index (χ1n) is 35.7. The Morgan fingerprint density at radius 2 is 0.416 bits per heavy atom. The van der Waals surface area contributed by atoms with Crippen LogP contribution in [0, 0.1) is 0 Å². The van der Waals surface area contributed by atoms with Gasteiger partial charge in [0.15, 0.2) is 81.0 Å². The molecule has 125 heavy (non-hydrogen) atoms. The number of carboxylic acids is 4. The Morgan fingerprint density at radius 3 is 0.616 bits per heavy atom. The van der Waals surface area contributed by atoms with Crippen LogP contribution in [0.4, 0.5) is 0 Å². The third-order valence-electron chi connectivity index (χ3n) is 20.3. The van der Waals surface area contributed by atoms with Crippen molar-refractivity contribution in [3.63, 3.8) is 0 Å². The zero-order chi connectivity index (χ0) is 93.6. The van der Waals surface area contributed by atoms with Gasteiger partial charge in [-0.15, -0.1) is 0 Å². The van der Waals surface area contributed by atoms with Gasteiger partial charge in [0, 0.05) is 7.11 Å². The molecule has 65 nitrogen and oxygen atoms in total. The van der Waals surface area contributed by atoms with Crippen LogP contribution in [0.15, 0.2) is 0 Å². The minimum absolute atomic E-state index is 1.03. The van der Waals surface area contributed by atoms with E-state index in [1.165, 1.54) is 0 Å². The van der Waals surface area contributed by atoms with Crippen molar-refractivity contribution in [1.82, 2.24) is 0 Å². The van der Waals surface area contributed by atoms with E-state index in [1.807, 2.05) is 0 Å². The molecular formula is C55H91N5O60S5. The van der Waals surface area contributed by atoms with Crippen molar-refractivity contribution in [2.45, 2.75) is 276 Å². The van der Waals surface area contributed by atoms with Gasteiger partial charge in [0.2, 0.25) is 0 Å². The Hall–Kier alpha value is -4.25. The molecule has 0 aromatic rings. The number of carboxylic acid groups (broad SMARTS) is 4. The summed E-state index contributed by atoms with van der Waals surface area (Å²) in [5.41, 5.74) is 30.5. The monoisotopic (exact) mass is 1940 g/mol. The van der Waals surface area contributed by atoms with E-state index in [-0.39, 0.29) is 0 Å². The van der Waals surface area contributed by atoms with Gasteiger partial charge in [-0.2, -0.15) is 42.1 Å². The molecule has 726 valence electrons. The number of aliphatic carboxylic acids is 4. The molecular weight excluding hydrogens is 1850 g/mol. The van der Waals surface area contributed by atoms with Crippen molar-refractivity contribution in [3.8, 4) is 0 Å². The van der Waals surface area contributed by atoms with Crippen molar-refractivity contribution in [1.29, 1.82) is 0 Å². The number of hydrogen-bond acceptors (Lipinski definition) is 56. The lowest BCUT2D eigenvalue weighted by Crippen LogP contribution is -2.70. The lowest BCUT2D eigenvalue weighted by Gasteiger charge is -2.50. The maximum Gasteiger partial charge on any atom is 0.397 e. The summed E-state index contributed by atoms with van der Waals surface area (Å²) in [6.07, 6.45) is -97.2. The number of hydrogen-bond donors (Lipinski definition) is 28. The molecule has 0 aromatic heterocycles. The van der Waals surface area contributed by atoms with Gasteiger partial charge in [-0.1, -0.05) is 0 Å². The van der Waals surface area contributed by atoms with E-state index in [0.717, 1.165) is 7.11 Å². The fourth-order valence-electron chi connectivity index (χ4n) is 14.0. The van der Waals surface area contributed by atoms with Crippen LogP contribution in [-0.2, 0) is 177 Å². The van der Waals surface area contributed by atoms with E-state index in [1.54, 1.807) is 0 Å². The largest absolute Gasteiger partial charge is 0.479 e. The van der Waals surface area contributed by atoms with Crippen LogP contribution in [0.1, 0.15) is 0 Å². The van der Waals surface area contributed by atoms with Crippen LogP contribution in [0.2, 0.25) is 0 Å². The third-order valence-corrected chi connectivity index (χ3v) is 22.4. The van der Waals surface area contributed by atoms with Crippen molar-refractivity contribution < 1.29 is 282 Å². The number of aliphatic hydroxyl groups is 14. The predicted octanol–water partition coefficient (Wildman–Crippen LogP) is -20.6. The normalized spacial score (nSPS) is 45.8. The molecule has 9 fully saturated rings. The second-order valence-electron chi connectivity index (χ2n) is 28.6. The molecule has 0 saturated carbocycles. The van der Waals surface area contributed by atoms with Crippen LogP contribution < -0.4 is 28.7 Å². The number of aliphatic hydroxyl groups excluding tert-OH is 14. The minimum atomic E-state index is -5.65. The summed E-state index contributed by atoms with van der Waals surface area (Å²) in [5.74, 6) is -8.58. The zero-order valence-corrected chi connectivity index (χ0v) is 66.9. The molecule has 18 unspecified atom stereocenters. The molecule has 0 aliphatic carbocycles. The summed E-state index contributed by atoms with van der Waals surface area (Å²) >= 11 is 0. The fraction of sp³-hybridized carbons (Fsp3) is 0.927. The molecule has 0 amide bonds. The Labute approximate surface area is 700 Å². The first kappa shape index (κ1) is 104. The van der Waals surface area contributed by atoms with Crippen molar-refractivity contribution >= 4 is 75.9 Å². The van der Waals surface area contributed by atoms with Crippen molar-refractivity contribution in [3.05, 3.63) is 0 Å². The molecule has 33 N–H and O–H groups in total. The summed E-state index contributed by atoms with van der Waals surface area (Å²) in [6.45, 7) is -7.14. The topological polar surface area (TPSA) is 1050 Å². The van der Waals surface area contributed by atoms with Gasteiger partial charge < -0.3 is 206 Å². The smallest absolute Gasteiger partial charge is 0.397 e. The van der Waals surface area contributed by atoms with Gasteiger partial charge in [0.1, 0.15) is 165 Å². The third kappa shape index (κ3) is 25.4. The summed E-state index contributed by atoms with van der Waals surface area (Å²) in [4.78, 5) is 51.5. The van der Waals surface area contributed by atoms with E-state index < -0.39 is 385 Å². The van der Waals surface area contributed by atoms with Crippen molar-refractivity contribution in [2.24, 2.45) is 28.7 Å². The Bertz CT molecular complexity index is 4240.